The second-order valence-electron chi connectivity index (χ2n) is 7.15. The Kier molecular flexibility index (Phi) is 5.07. The Hall–Kier alpha value is -2.14. The predicted octanol–water partition coefficient (Wildman–Crippen LogP) is 4.56. The highest BCUT2D eigenvalue weighted by atomic mass is 32.1. The molecule has 0 bridgehead atoms. The first-order valence-electron chi connectivity index (χ1n) is 9.53. The van der Waals surface area contributed by atoms with Crippen molar-refractivity contribution in [3.05, 3.63) is 51.1 Å². The minimum absolute atomic E-state index is 0.0303. The van der Waals surface area contributed by atoms with Crippen LogP contribution in [-0.4, -0.2) is 22.4 Å². The van der Waals surface area contributed by atoms with Gasteiger partial charge < -0.3 is 10.3 Å². The molecule has 0 fully saturated rings. The van der Waals surface area contributed by atoms with E-state index in [1.807, 2.05) is 19.1 Å². The van der Waals surface area contributed by atoms with Crippen molar-refractivity contribution in [2.45, 2.75) is 51.9 Å². The Morgan fingerprint density at radius 2 is 2.15 bits per heavy atom. The van der Waals surface area contributed by atoms with Gasteiger partial charge in [0.1, 0.15) is 0 Å². The number of amides is 1. The van der Waals surface area contributed by atoms with Crippen molar-refractivity contribution in [3.63, 3.8) is 0 Å². The van der Waals surface area contributed by atoms with Gasteiger partial charge in [-0.2, -0.15) is 0 Å². The topological polar surface area (TPSA) is 57.8 Å². The fourth-order valence-electron chi connectivity index (χ4n) is 3.77. The van der Waals surface area contributed by atoms with Crippen LogP contribution in [-0.2, 0) is 19.3 Å². The minimum atomic E-state index is 0.0303. The number of carbonyl (C=O) groups excluding carboxylic acids is 1. The van der Waals surface area contributed by atoms with Gasteiger partial charge in [0.15, 0.2) is 0 Å². The molecule has 0 saturated heterocycles. The quantitative estimate of drug-likeness (QED) is 0.627. The monoisotopic (exact) mass is 367 g/mol. The largest absolute Gasteiger partial charge is 0.358 e. The molecule has 1 aliphatic carbocycles. The molecular formula is C21H25N3OS. The first-order chi connectivity index (χ1) is 12.7. The summed E-state index contributed by atoms with van der Waals surface area (Å²) in [5, 5.41) is 7.57. The van der Waals surface area contributed by atoms with Gasteiger partial charge in [-0.15, -0.1) is 11.3 Å². The van der Waals surface area contributed by atoms with Gasteiger partial charge in [-0.05, 0) is 75.6 Å². The maximum absolute atomic E-state index is 12.5. The highest BCUT2D eigenvalue weighted by molar-refractivity contribution is 7.09. The summed E-state index contributed by atoms with van der Waals surface area (Å²) >= 11 is 1.72. The van der Waals surface area contributed by atoms with Gasteiger partial charge in [-0.25, -0.2) is 4.98 Å². The van der Waals surface area contributed by atoms with Crippen molar-refractivity contribution >= 4 is 28.1 Å². The Morgan fingerprint density at radius 1 is 1.27 bits per heavy atom. The number of H-pyrrole nitrogens is 1. The van der Waals surface area contributed by atoms with Gasteiger partial charge >= 0.3 is 0 Å². The van der Waals surface area contributed by atoms with E-state index in [2.05, 4.69) is 26.7 Å². The molecule has 1 aliphatic rings. The molecule has 4 nitrogen and oxygen atoms in total. The second-order valence-corrected chi connectivity index (χ2v) is 8.09. The van der Waals surface area contributed by atoms with Gasteiger partial charge in [0.05, 0.1) is 5.01 Å². The van der Waals surface area contributed by atoms with E-state index in [0.29, 0.717) is 6.54 Å². The van der Waals surface area contributed by atoms with E-state index >= 15 is 0 Å². The average molecular weight is 368 g/mol. The third kappa shape index (κ3) is 3.68. The zero-order valence-electron chi connectivity index (χ0n) is 15.2. The minimum Gasteiger partial charge on any atom is -0.358 e. The molecule has 26 heavy (non-hydrogen) atoms. The molecule has 0 atom stereocenters. The standard InChI is InChI=1S/C21H25N3OS/c1-14-13-26-20(23-14)8-4-5-11-22-21(25)15-9-10-19-17(12-15)16-6-2-3-7-18(16)24-19/h9-10,12-13,24H,2-8,11H2,1H3,(H,22,25). The molecule has 3 aromatic rings. The van der Waals surface area contributed by atoms with Crippen LogP contribution in [0.5, 0.6) is 0 Å². The zero-order chi connectivity index (χ0) is 17.9. The predicted molar refractivity (Wildman–Crippen MR) is 107 cm³/mol. The van der Waals surface area contributed by atoms with Crippen LogP contribution in [0.4, 0.5) is 0 Å². The lowest BCUT2D eigenvalue weighted by Crippen LogP contribution is -2.24. The lowest BCUT2D eigenvalue weighted by Gasteiger charge is -2.10. The maximum Gasteiger partial charge on any atom is 0.251 e. The van der Waals surface area contributed by atoms with Gasteiger partial charge in [-0.3, -0.25) is 4.79 Å². The van der Waals surface area contributed by atoms with Gasteiger partial charge in [0.2, 0.25) is 0 Å². The molecule has 4 rings (SSSR count). The lowest BCUT2D eigenvalue weighted by atomic mass is 9.95. The number of aromatic amines is 1. The molecular weight excluding hydrogens is 342 g/mol. The van der Waals surface area contributed by atoms with E-state index < -0.39 is 0 Å². The Labute approximate surface area is 158 Å². The third-order valence-electron chi connectivity index (χ3n) is 5.13. The number of aromatic nitrogens is 2. The van der Waals surface area contributed by atoms with E-state index in [4.69, 9.17) is 0 Å². The number of nitrogens with zero attached hydrogens (tertiary/aromatic N) is 1. The first kappa shape index (κ1) is 17.3. The van der Waals surface area contributed by atoms with E-state index in [1.165, 1.54) is 34.5 Å². The van der Waals surface area contributed by atoms with Gasteiger partial charge in [-0.1, -0.05) is 0 Å². The van der Waals surface area contributed by atoms with Crippen LogP contribution in [0, 0.1) is 6.92 Å². The Morgan fingerprint density at radius 3 is 3.00 bits per heavy atom. The van der Waals surface area contributed by atoms with Crippen molar-refractivity contribution in [2.75, 3.05) is 6.54 Å². The van der Waals surface area contributed by atoms with Crippen LogP contribution in [0.2, 0.25) is 0 Å². The maximum atomic E-state index is 12.5. The van der Waals surface area contributed by atoms with Crippen molar-refractivity contribution in [1.82, 2.24) is 15.3 Å². The first-order valence-corrected chi connectivity index (χ1v) is 10.4. The number of hydrogen-bond donors (Lipinski definition) is 2. The fourth-order valence-corrected chi connectivity index (χ4v) is 4.59. The summed E-state index contributed by atoms with van der Waals surface area (Å²) in [5.41, 5.74) is 5.80. The molecule has 0 unspecified atom stereocenters. The van der Waals surface area contributed by atoms with Gasteiger partial charge in [0, 0.05) is 39.8 Å². The van der Waals surface area contributed by atoms with Crippen LogP contribution in [0.25, 0.3) is 10.9 Å². The molecule has 0 spiro atoms. The van der Waals surface area contributed by atoms with Crippen molar-refractivity contribution in [3.8, 4) is 0 Å². The Bertz CT molecular complexity index is 925. The molecule has 0 radical (unpaired) electrons. The summed E-state index contributed by atoms with van der Waals surface area (Å²) in [4.78, 5) is 20.5. The number of carbonyl (C=O) groups is 1. The highest BCUT2D eigenvalue weighted by Gasteiger charge is 2.16. The number of benzene rings is 1. The summed E-state index contributed by atoms with van der Waals surface area (Å²) in [6, 6.07) is 6.04. The number of unbranched alkanes of at least 4 members (excludes halogenated alkanes) is 1. The molecule has 1 aromatic carbocycles. The third-order valence-corrected chi connectivity index (χ3v) is 6.16. The van der Waals surface area contributed by atoms with E-state index in [-0.39, 0.29) is 5.91 Å². The SMILES string of the molecule is Cc1csc(CCCCNC(=O)c2ccc3[nH]c4c(c3c2)CCCC4)n1. The molecule has 1 amide bonds. The fraction of sp³-hybridized carbons (Fsp3) is 0.429. The summed E-state index contributed by atoms with van der Waals surface area (Å²) in [6.07, 6.45) is 7.78. The van der Waals surface area contributed by atoms with Crippen molar-refractivity contribution in [2.24, 2.45) is 0 Å². The average Bonchev–Trinajstić information content (AvgIpc) is 3.23. The number of aryl methyl sites for hydroxylation is 4. The van der Waals surface area contributed by atoms with E-state index in [1.54, 1.807) is 11.3 Å². The normalized spacial score (nSPS) is 13.7. The van der Waals surface area contributed by atoms with Crippen LogP contribution >= 0.6 is 11.3 Å². The molecule has 2 heterocycles. The Balaban J connectivity index is 1.32. The summed E-state index contributed by atoms with van der Waals surface area (Å²) in [7, 11) is 0. The number of rotatable bonds is 6. The molecule has 2 aromatic heterocycles. The van der Waals surface area contributed by atoms with Gasteiger partial charge in [0.25, 0.3) is 5.91 Å². The van der Waals surface area contributed by atoms with Crippen LogP contribution < -0.4 is 5.32 Å². The molecule has 0 saturated carbocycles. The summed E-state index contributed by atoms with van der Waals surface area (Å²) < 4.78 is 0. The van der Waals surface area contributed by atoms with Crippen LogP contribution in [0.1, 0.15) is 58.0 Å². The lowest BCUT2D eigenvalue weighted by molar-refractivity contribution is 0.0953. The molecule has 136 valence electrons. The van der Waals surface area contributed by atoms with Crippen LogP contribution in [0.3, 0.4) is 0 Å². The summed E-state index contributed by atoms with van der Waals surface area (Å²) in [5.74, 6) is 0.0303. The molecule has 2 N–H and O–H groups in total. The zero-order valence-corrected chi connectivity index (χ0v) is 16.0. The number of thiazole rings is 1. The van der Waals surface area contributed by atoms with E-state index in [0.717, 1.165) is 48.9 Å². The number of nitrogens with one attached hydrogen (secondary N) is 2. The molecule has 5 heteroatoms. The number of fused-ring (bicyclic) bond motifs is 3. The van der Waals surface area contributed by atoms with E-state index in [9.17, 15) is 4.79 Å². The summed E-state index contributed by atoms with van der Waals surface area (Å²) in [6.45, 7) is 2.74. The number of hydrogen-bond acceptors (Lipinski definition) is 3. The van der Waals surface area contributed by atoms with Crippen molar-refractivity contribution in [1.29, 1.82) is 0 Å². The second kappa shape index (κ2) is 7.62. The smallest absolute Gasteiger partial charge is 0.251 e. The molecule has 0 aliphatic heterocycles. The highest BCUT2D eigenvalue weighted by Crippen LogP contribution is 2.29. The van der Waals surface area contributed by atoms with Crippen molar-refractivity contribution < 1.29 is 4.79 Å². The van der Waals surface area contributed by atoms with Crippen LogP contribution in [0.15, 0.2) is 23.6 Å².